The molecular formula is C39H41N5. The number of aromatic nitrogens is 3. The van der Waals surface area contributed by atoms with Crippen LogP contribution in [0.5, 0.6) is 0 Å². The van der Waals surface area contributed by atoms with Crippen molar-refractivity contribution in [3.63, 3.8) is 0 Å². The van der Waals surface area contributed by atoms with Gasteiger partial charge in [-0.25, -0.2) is 9.97 Å². The predicted octanol–water partition coefficient (Wildman–Crippen LogP) is 10.4. The van der Waals surface area contributed by atoms with E-state index in [1.165, 1.54) is 75.3 Å². The Bertz CT molecular complexity index is 1590. The van der Waals surface area contributed by atoms with Crippen LogP contribution in [-0.2, 0) is 0 Å². The van der Waals surface area contributed by atoms with Gasteiger partial charge in [-0.1, -0.05) is 62.8 Å². The molecule has 2 saturated carbocycles. The van der Waals surface area contributed by atoms with E-state index < -0.39 is 0 Å². The Kier molecular flexibility index (Phi) is 8.36. The summed E-state index contributed by atoms with van der Waals surface area (Å²) in [6, 6.07) is 28.6. The van der Waals surface area contributed by atoms with Gasteiger partial charge in [-0.15, -0.1) is 0 Å². The third-order valence-corrected chi connectivity index (χ3v) is 9.66. The van der Waals surface area contributed by atoms with Crippen molar-refractivity contribution in [2.45, 2.75) is 76.0 Å². The zero-order valence-corrected chi connectivity index (χ0v) is 25.4. The van der Waals surface area contributed by atoms with Crippen molar-refractivity contribution in [1.82, 2.24) is 15.0 Å². The van der Waals surface area contributed by atoms with E-state index in [2.05, 4.69) is 75.5 Å². The van der Waals surface area contributed by atoms with E-state index in [4.69, 9.17) is 10.7 Å². The van der Waals surface area contributed by atoms with E-state index in [-0.39, 0.29) is 0 Å². The van der Waals surface area contributed by atoms with Crippen molar-refractivity contribution in [3.05, 3.63) is 115 Å². The van der Waals surface area contributed by atoms with Crippen LogP contribution in [0.3, 0.4) is 0 Å². The number of pyridine rings is 3. The van der Waals surface area contributed by atoms with Gasteiger partial charge in [0.25, 0.3) is 0 Å². The highest BCUT2D eigenvalue weighted by molar-refractivity contribution is 5.83. The first-order valence-corrected chi connectivity index (χ1v) is 16.4. The molecule has 3 heterocycles. The van der Waals surface area contributed by atoms with Crippen LogP contribution in [0.4, 0.5) is 23.0 Å². The SMILES string of the molecule is Nc1ccc(-c2cnccc2-c2ccc(N(c3ccc(C4CCCCC4)cc3)c3ccc(C4CCCCC4)cc3)nc2)cn1. The molecule has 5 heteroatoms. The molecule has 222 valence electrons. The molecular weight excluding hydrogens is 538 g/mol. The minimum absolute atomic E-state index is 0.504. The Morgan fingerprint density at radius 2 is 1.07 bits per heavy atom. The molecule has 44 heavy (non-hydrogen) atoms. The summed E-state index contributed by atoms with van der Waals surface area (Å²) in [7, 11) is 0. The van der Waals surface area contributed by atoms with Crippen molar-refractivity contribution >= 4 is 23.0 Å². The molecule has 5 nitrogen and oxygen atoms in total. The van der Waals surface area contributed by atoms with Crippen molar-refractivity contribution in [2.75, 3.05) is 10.6 Å². The summed E-state index contributed by atoms with van der Waals surface area (Å²) >= 11 is 0. The molecule has 0 aliphatic heterocycles. The fourth-order valence-electron chi connectivity index (χ4n) is 7.20. The lowest BCUT2D eigenvalue weighted by atomic mass is 9.84. The molecule has 0 atom stereocenters. The number of nitrogen functional groups attached to an aromatic ring is 1. The summed E-state index contributed by atoms with van der Waals surface area (Å²) in [4.78, 5) is 16.0. The highest BCUT2D eigenvalue weighted by atomic mass is 15.2. The van der Waals surface area contributed by atoms with Crippen molar-refractivity contribution in [2.24, 2.45) is 0 Å². The lowest BCUT2D eigenvalue weighted by molar-refractivity contribution is 0.443. The number of anilines is 4. The topological polar surface area (TPSA) is 67.9 Å². The van der Waals surface area contributed by atoms with Crippen LogP contribution in [0.1, 0.15) is 87.2 Å². The van der Waals surface area contributed by atoms with Gasteiger partial charge in [0, 0.05) is 52.9 Å². The molecule has 0 radical (unpaired) electrons. The Labute approximate surface area is 261 Å². The predicted molar refractivity (Wildman–Crippen MR) is 181 cm³/mol. The van der Waals surface area contributed by atoms with Gasteiger partial charge in [0.05, 0.1) is 0 Å². The summed E-state index contributed by atoms with van der Waals surface area (Å²) in [5.41, 5.74) is 15.1. The summed E-state index contributed by atoms with van der Waals surface area (Å²) in [5, 5.41) is 0. The second-order valence-corrected chi connectivity index (χ2v) is 12.5. The van der Waals surface area contributed by atoms with Gasteiger partial charge in [0.15, 0.2) is 0 Å². The molecule has 2 N–H and O–H groups in total. The highest BCUT2D eigenvalue weighted by Gasteiger charge is 2.20. The van der Waals surface area contributed by atoms with E-state index in [9.17, 15) is 0 Å². The number of benzene rings is 2. The Balaban J connectivity index is 1.22. The van der Waals surface area contributed by atoms with E-state index in [1.54, 1.807) is 6.20 Å². The molecule has 0 saturated heterocycles. The van der Waals surface area contributed by atoms with Crippen LogP contribution in [0, 0.1) is 0 Å². The van der Waals surface area contributed by atoms with Crippen LogP contribution in [0.15, 0.2) is 104 Å². The first-order chi connectivity index (χ1) is 21.7. The second-order valence-electron chi connectivity index (χ2n) is 12.5. The molecule has 2 aliphatic carbocycles. The normalized spacial score (nSPS) is 16.1. The summed E-state index contributed by atoms with van der Waals surface area (Å²) in [6.07, 6.45) is 20.8. The van der Waals surface area contributed by atoms with Gasteiger partial charge in [0.1, 0.15) is 11.6 Å². The van der Waals surface area contributed by atoms with E-state index >= 15 is 0 Å². The molecule has 2 fully saturated rings. The van der Waals surface area contributed by atoms with Crippen molar-refractivity contribution in [3.8, 4) is 22.3 Å². The maximum absolute atomic E-state index is 5.85. The smallest absolute Gasteiger partial charge is 0.137 e. The maximum atomic E-state index is 5.85. The minimum atomic E-state index is 0.504. The lowest BCUT2D eigenvalue weighted by Crippen LogP contribution is -2.12. The molecule has 7 rings (SSSR count). The summed E-state index contributed by atoms with van der Waals surface area (Å²) in [6.45, 7) is 0. The van der Waals surface area contributed by atoms with E-state index in [0.29, 0.717) is 17.7 Å². The maximum Gasteiger partial charge on any atom is 0.137 e. The standard InChI is InChI=1S/C39H41N5/c40-38-21-15-33(25-42-38)37-27-41-24-23-36(37)32-16-22-39(43-26-32)44(34-17-11-30(12-18-34)28-7-3-1-4-8-28)35-19-13-31(14-20-35)29-9-5-2-6-10-29/h11-29H,1-10H2,(H2,40,42). The van der Waals surface area contributed by atoms with Crippen LogP contribution in [-0.4, -0.2) is 15.0 Å². The van der Waals surface area contributed by atoms with Gasteiger partial charge < -0.3 is 5.73 Å². The first-order valence-electron chi connectivity index (χ1n) is 16.4. The third kappa shape index (κ3) is 6.10. The number of nitrogens with two attached hydrogens (primary N) is 1. The highest BCUT2D eigenvalue weighted by Crippen LogP contribution is 2.40. The zero-order chi connectivity index (χ0) is 29.7. The molecule has 0 unspecified atom stereocenters. The number of hydrogen-bond donors (Lipinski definition) is 1. The van der Waals surface area contributed by atoms with Crippen LogP contribution in [0.25, 0.3) is 22.3 Å². The second kappa shape index (κ2) is 13.0. The molecule has 0 amide bonds. The molecule has 2 aliphatic rings. The molecule has 0 spiro atoms. The van der Waals surface area contributed by atoms with Gasteiger partial charge in [-0.2, -0.15) is 0 Å². The third-order valence-electron chi connectivity index (χ3n) is 9.66. The Hall–Kier alpha value is -4.51. The van der Waals surface area contributed by atoms with Gasteiger partial charge >= 0.3 is 0 Å². The molecule has 5 aromatic rings. The largest absolute Gasteiger partial charge is 0.384 e. The van der Waals surface area contributed by atoms with Gasteiger partial charge in [-0.3, -0.25) is 9.88 Å². The first kappa shape index (κ1) is 28.3. The number of hydrogen-bond acceptors (Lipinski definition) is 5. The van der Waals surface area contributed by atoms with Crippen LogP contribution < -0.4 is 10.6 Å². The number of nitrogens with zero attached hydrogens (tertiary/aromatic N) is 4. The quantitative estimate of drug-likeness (QED) is 0.208. The summed E-state index contributed by atoms with van der Waals surface area (Å²) < 4.78 is 0. The fraction of sp³-hybridized carbons (Fsp3) is 0.308. The minimum Gasteiger partial charge on any atom is -0.384 e. The van der Waals surface area contributed by atoms with E-state index in [1.807, 2.05) is 36.8 Å². The van der Waals surface area contributed by atoms with Gasteiger partial charge in [-0.05, 0) is 109 Å². The summed E-state index contributed by atoms with van der Waals surface area (Å²) in [5.74, 6) is 2.77. The van der Waals surface area contributed by atoms with Gasteiger partial charge in [0.2, 0.25) is 0 Å². The van der Waals surface area contributed by atoms with Crippen LogP contribution in [0.2, 0.25) is 0 Å². The van der Waals surface area contributed by atoms with Crippen molar-refractivity contribution in [1.29, 1.82) is 0 Å². The average molecular weight is 580 g/mol. The van der Waals surface area contributed by atoms with Crippen LogP contribution >= 0.6 is 0 Å². The molecule has 0 bridgehead atoms. The van der Waals surface area contributed by atoms with E-state index in [0.717, 1.165) is 39.4 Å². The molecule has 2 aromatic carbocycles. The number of rotatable bonds is 7. The average Bonchev–Trinajstić information content (AvgIpc) is 3.10. The fourth-order valence-corrected chi connectivity index (χ4v) is 7.20. The Morgan fingerprint density at radius 1 is 0.523 bits per heavy atom. The monoisotopic (exact) mass is 579 g/mol. The lowest BCUT2D eigenvalue weighted by Gasteiger charge is -2.27. The Morgan fingerprint density at radius 3 is 1.59 bits per heavy atom. The molecule has 3 aromatic heterocycles. The zero-order valence-electron chi connectivity index (χ0n) is 25.4. The van der Waals surface area contributed by atoms with Crippen molar-refractivity contribution < 1.29 is 0 Å².